The number of hydrogen-bond donors (Lipinski definition) is 0. The summed E-state index contributed by atoms with van der Waals surface area (Å²) in [6.07, 6.45) is 0. The quantitative estimate of drug-likeness (QED) is 0.211. The molecule has 9 rings (SSSR count). The highest BCUT2D eigenvalue weighted by Crippen LogP contribution is 2.41. The van der Waals surface area contributed by atoms with E-state index in [0.717, 1.165) is 60.7 Å². The lowest BCUT2D eigenvalue weighted by Gasteiger charge is -2.14. The molecule has 4 nitrogen and oxygen atoms in total. The topological polar surface area (TPSA) is 35.6 Å². The monoisotopic (exact) mass is 524 g/mol. The molecular formula is C37H20N2O2. The molecule has 3 aromatic heterocycles. The Labute approximate surface area is 234 Å². The van der Waals surface area contributed by atoms with Crippen LogP contribution in [-0.4, -0.2) is 4.57 Å². The molecule has 0 bridgehead atoms. The number of hydrogen-bond acceptors (Lipinski definition) is 2. The molecule has 0 atom stereocenters. The van der Waals surface area contributed by atoms with Gasteiger partial charge in [-0.15, -0.1) is 0 Å². The molecule has 0 fully saturated rings. The Hall–Kier alpha value is -5.79. The first-order valence-corrected chi connectivity index (χ1v) is 13.5. The number of rotatable bonds is 2. The maximum atomic E-state index is 7.44. The lowest BCUT2D eigenvalue weighted by atomic mass is 10.00. The van der Waals surface area contributed by atoms with Crippen molar-refractivity contribution in [3.63, 3.8) is 0 Å². The zero-order chi connectivity index (χ0) is 27.1. The molecule has 9 aromatic rings. The van der Waals surface area contributed by atoms with Gasteiger partial charge in [0.15, 0.2) is 5.69 Å². The van der Waals surface area contributed by atoms with Crippen LogP contribution < -0.4 is 0 Å². The minimum absolute atomic E-state index is 0.598. The molecule has 0 aliphatic rings. The highest BCUT2D eigenvalue weighted by Gasteiger charge is 2.17. The van der Waals surface area contributed by atoms with E-state index < -0.39 is 0 Å². The van der Waals surface area contributed by atoms with Crippen LogP contribution in [0.15, 0.2) is 130 Å². The van der Waals surface area contributed by atoms with Crippen molar-refractivity contribution in [1.82, 2.24) is 4.57 Å². The molecule has 41 heavy (non-hydrogen) atoms. The van der Waals surface area contributed by atoms with Gasteiger partial charge in [0.1, 0.15) is 22.3 Å². The molecule has 0 radical (unpaired) electrons. The van der Waals surface area contributed by atoms with Gasteiger partial charge >= 0.3 is 0 Å². The minimum Gasteiger partial charge on any atom is -0.456 e. The van der Waals surface area contributed by atoms with E-state index in [1.807, 2.05) is 18.2 Å². The second-order valence-electron chi connectivity index (χ2n) is 10.4. The SMILES string of the molecule is [C-]#[N+]c1ccc2oc3cc4oc5ccc(-c6ccccc6-n6c7ccccc7c7ccccc76)cc5c4cc3c2c1. The molecule has 0 spiro atoms. The fourth-order valence-corrected chi connectivity index (χ4v) is 6.37. The van der Waals surface area contributed by atoms with Crippen LogP contribution in [-0.2, 0) is 0 Å². The fraction of sp³-hybridized carbons (Fsp3) is 0. The van der Waals surface area contributed by atoms with Gasteiger partial charge in [0.05, 0.1) is 23.3 Å². The molecule has 0 aliphatic heterocycles. The van der Waals surface area contributed by atoms with E-state index in [0.29, 0.717) is 5.69 Å². The summed E-state index contributed by atoms with van der Waals surface area (Å²) in [6, 6.07) is 41.9. The minimum atomic E-state index is 0.598. The fourth-order valence-electron chi connectivity index (χ4n) is 6.37. The summed E-state index contributed by atoms with van der Waals surface area (Å²) in [4.78, 5) is 3.61. The Balaban J connectivity index is 1.30. The average Bonchev–Trinajstić information content (AvgIpc) is 3.68. The Kier molecular flexibility index (Phi) is 4.37. The predicted molar refractivity (Wildman–Crippen MR) is 167 cm³/mol. The van der Waals surface area contributed by atoms with Crippen LogP contribution in [0.2, 0.25) is 0 Å². The van der Waals surface area contributed by atoms with Gasteiger partial charge in [-0.25, -0.2) is 4.85 Å². The van der Waals surface area contributed by atoms with Crippen LogP contribution in [0, 0.1) is 6.57 Å². The predicted octanol–water partition coefficient (Wildman–Crippen LogP) is 10.8. The van der Waals surface area contributed by atoms with Crippen molar-refractivity contribution in [2.75, 3.05) is 0 Å². The van der Waals surface area contributed by atoms with E-state index in [-0.39, 0.29) is 0 Å². The second kappa shape index (κ2) is 8.11. The molecule has 6 aromatic carbocycles. The lowest BCUT2D eigenvalue weighted by Crippen LogP contribution is -1.96. The first-order chi connectivity index (χ1) is 20.3. The summed E-state index contributed by atoms with van der Waals surface area (Å²) < 4.78 is 14.8. The van der Waals surface area contributed by atoms with E-state index in [4.69, 9.17) is 15.4 Å². The molecule has 0 unspecified atom stereocenters. The number of aromatic nitrogens is 1. The van der Waals surface area contributed by atoms with Gasteiger partial charge in [0, 0.05) is 43.9 Å². The normalized spacial score (nSPS) is 11.9. The third-order valence-electron chi connectivity index (χ3n) is 8.21. The van der Waals surface area contributed by atoms with Crippen LogP contribution in [0.25, 0.3) is 87.3 Å². The van der Waals surface area contributed by atoms with Gasteiger partial charge in [-0.3, -0.25) is 0 Å². The van der Waals surface area contributed by atoms with Crippen molar-refractivity contribution >= 4 is 71.4 Å². The van der Waals surface area contributed by atoms with E-state index in [1.54, 1.807) is 6.07 Å². The summed E-state index contributed by atoms with van der Waals surface area (Å²) in [6.45, 7) is 7.44. The average molecular weight is 525 g/mol. The number of fused-ring (bicyclic) bond motifs is 9. The van der Waals surface area contributed by atoms with E-state index in [1.165, 1.54) is 21.8 Å². The molecule has 0 saturated carbocycles. The molecule has 190 valence electrons. The second-order valence-corrected chi connectivity index (χ2v) is 10.4. The highest BCUT2D eigenvalue weighted by atomic mass is 16.3. The zero-order valence-corrected chi connectivity index (χ0v) is 21.8. The maximum absolute atomic E-state index is 7.44. The number of furan rings is 2. The smallest absolute Gasteiger partial charge is 0.188 e. The third kappa shape index (κ3) is 3.09. The van der Waals surface area contributed by atoms with Crippen molar-refractivity contribution in [2.24, 2.45) is 0 Å². The van der Waals surface area contributed by atoms with E-state index in [2.05, 4.69) is 106 Å². The summed E-state index contributed by atoms with van der Waals surface area (Å²) >= 11 is 0. The Morgan fingerprint density at radius 1 is 0.488 bits per heavy atom. The summed E-state index contributed by atoms with van der Waals surface area (Å²) in [5.41, 5.74) is 9.50. The van der Waals surface area contributed by atoms with Gasteiger partial charge in [-0.05, 0) is 54.1 Å². The first kappa shape index (κ1) is 22.1. The van der Waals surface area contributed by atoms with Crippen LogP contribution in [0.5, 0.6) is 0 Å². The van der Waals surface area contributed by atoms with Crippen molar-refractivity contribution < 1.29 is 8.83 Å². The summed E-state index contributed by atoms with van der Waals surface area (Å²) in [5, 5.41) is 6.49. The number of benzene rings is 6. The van der Waals surface area contributed by atoms with E-state index in [9.17, 15) is 0 Å². The van der Waals surface area contributed by atoms with Crippen LogP contribution in [0.4, 0.5) is 5.69 Å². The molecule has 0 aliphatic carbocycles. The summed E-state index contributed by atoms with van der Waals surface area (Å²) in [5.74, 6) is 0. The van der Waals surface area contributed by atoms with Crippen molar-refractivity contribution in [3.05, 3.63) is 133 Å². The molecule has 3 heterocycles. The van der Waals surface area contributed by atoms with Gasteiger partial charge in [0.2, 0.25) is 0 Å². The number of para-hydroxylation sites is 3. The van der Waals surface area contributed by atoms with Crippen LogP contribution in [0.1, 0.15) is 0 Å². The van der Waals surface area contributed by atoms with Gasteiger partial charge in [0.25, 0.3) is 0 Å². The molecule has 0 amide bonds. The standard InChI is InChI=1S/C37H20N2O2/c1-38-23-15-17-35-28(19-23)30-20-29-27-18-22(14-16-34(27)40-36(29)21-37(30)41-35)24-8-2-5-11-31(24)39-32-12-6-3-9-25(32)26-10-4-7-13-33(26)39/h2-21H. The van der Waals surface area contributed by atoms with Crippen LogP contribution in [0.3, 0.4) is 0 Å². The van der Waals surface area contributed by atoms with Gasteiger partial charge in [-0.2, -0.15) is 0 Å². The largest absolute Gasteiger partial charge is 0.456 e. The van der Waals surface area contributed by atoms with E-state index >= 15 is 0 Å². The van der Waals surface area contributed by atoms with Crippen molar-refractivity contribution in [2.45, 2.75) is 0 Å². The van der Waals surface area contributed by atoms with Crippen molar-refractivity contribution in [3.8, 4) is 16.8 Å². The van der Waals surface area contributed by atoms with Gasteiger partial charge < -0.3 is 13.4 Å². The maximum Gasteiger partial charge on any atom is 0.188 e. The zero-order valence-electron chi connectivity index (χ0n) is 21.8. The number of nitrogens with zero attached hydrogens (tertiary/aromatic N) is 2. The summed E-state index contributed by atoms with van der Waals surface area (Å²) in [7, 11) is 0. The van der Waals surface area contributed by atoms with Crippen LogP contribution >= 0.6 is 0 Å². The Morgan fingerprint density at radius 3 is 1.78 bits per heavy atom. The first-order valence-electron chi connectivity index (χ1n) is 13.5. The highest BCUT2D eigenvalue weighted by molar-refractivity contribution is 6.16. The Morgan fingerprint density at radius 2 is 1.07 bits per heavy atom. The molecular weight excluding hydrogens is 504 g/mol. The molecule has 0 N–H and O–H groups in total. The van der Waals surface area contributed by atoms with Gasteiger partial charge in [-0.1, -0.05) is 66.7 Å². The lowest BCUT2D eigenvalue weighted by molar-refractivity contribution is 0.656. The van der Waals surface area contributed by atoms with Crippen molar-refractivity contribution in [1.29, 1.82) is 0 Å². The Bertz CT molecular complexity index is 2500. The molecule has 0 saturated heterocycles. The third-order valence-corrected chi connectivity index (χ3v) is 8.21. The molecule has 4 heteroatoms.